The Morgan fingerprint density at radius 3 is 2.08 bits per heavy atom. The first-order valence-corrected chi connectivity index (χ1v) is 9.64. The van der Waals surface area contributed by atoms with E-state index in [4.69, 9.17) is 0 Å². The van der Waals surface area contributed by atoms with E-state index in [2.05, 4.69) is 54.2 Å². The predicted octanol–water partition coefficient (Wildman–Crippen LogP) is 3.97. The molecule has 2 aromatic rings. The molecule has 2 aromatic carbocycles. The van der Waals surface area contributed by atoms with Crippen LogP contribution in [0, 0.1) is 7.14 Å². The Morgan fingerprint density at radius 1 is 0.960 bits per heavy atom. The minimum absolute atomic E-state index is 0.00233. The fourth-order valence-corrected chi connectivity index (χ4v) is 3.96. The minimum atomic E-state index is -0.575. The van der Waals surface area contributed by atoms with Gasteiger partial charge in [-0.25, -0.2) is 0 Å². The number of hydrazine groups is 1. The van der Waals surface area contributed by atoms with Crippen LogP contribution in [0.4, 0.5) is 0 Å². The van der Waals surface area contributed by atoms with Crippen LogP contribution >= 0.6 is 45.2 Å². The number of amides is 2. The Kier molecular flexibility index (Phi) is 6.30. The third-order valence-corrected chi connectivity index (χ3v) is 5.02. The first-order valence-electron chi connectivity index (χ1n) is 7.49. The second-order valence-corrected chi connectivity index (χ2v) is 8.93. The Balaban J connectivity index is 2.06. The third-order valence-electron chi connectivity index (χ3n) is 3.58. The van der Waals surface area contributed by atoms with Crippen molar-refractivity contribution < 1.29 is 14.7 Å². The van der Waals surface area contributed by atoms with Gasteiger partial charge >= 0.3 is 0 Å². The zero-order chi connectivity index (χ0) is 18.8. The number of benzene rings is 2. The number of hydrogen-bond donors (Lipinski definition) is 3. The average Bonchev–Trinajstić information content (AvgIpc) is 2.55. The molecule has 0 unspecified atom stereocenters. The molecule has 0 spiro atoms. The first-order chi connectivity index (χ1) is 11.6. The number of halogens is 2. The van der Waals surface area contributed by atoms with Crippen molar-refractivity contribution in [2.24, 2.45) is 0 Å². The molecule has 2 amide bonds. The monoisotopic (exact) mass is 564 g/mol. The Labute approximate surface area is 173 Å². The Bertz CT molecular complexity index is 812. The number of hydrogen-bond acceptors (Lipinski definition) is 3. The summed E-state index contributed by atoms with van der Waals surface area (Å²) >= 11 is 4.01. The highest BCUT2D eigenvalue weighted by molar-refractivity contribution is 14.1. The molecule has 0 aliphatic heterocycles. The maximum absolute atomic E-state index is 12.2. The standard InChI is InChI=1S/C18H18I2N2O3/c1-18(2,3)11-6-4-10(5-7-11)16(24)21-22-17(25)13-8-12(19)9-14(20)15(13)23/h4-9,23H,1-3H3,(H,21,24)(H,22,25). The molecule has 7 heteroatoms. The van der Waals surface area contributed by atoms with E-state index in [9.17, 15) is 14.7 Å². The average molecular weight is 564 g/mol. The lowest BCUT2D eigenvalue weighted by Crippen LogP contribution is -2.41. The van der Waals surface area contributed by atoms with Crippen LogP contribution in [0.3, 0.4) is 0 Å². The summed E-state index contributed by atoms with van der Waals surface area (Å²) in [6, 6.07) is 10.5. The second kappa shape index (κ2) is 7.90. The number of carbonyl (C=O) groups is 2. The Hall–Kier alpha value is -1.36. The number of nitrogens with one attached hydrogen (secondary N) is 2. The quantitative estimate of drug-likeness (QED) is 0.382. The van der Waals surface area contributed by atoms with E-state index in [1.807, 2.05) is 34.7 Å². The van der Waals surface area contributed by atoms with Crippen LogP contribution < -0.4 is 10.9 Å². The van der Waals surface area contributed by atoms with Gasteiger partial charge in [-0.3, -0.25) is 20.4 Å². The van der Waals surface area contributed by atoms with Crippen molar-refractivity contribution in [2.75, 3.05) is 0 Å². The molecule has 2 rings (SSSR count). The molecular weight excluding hydrogens is 546 g/mol. The summed E-state index contributed by atoms with van der Waals surface area (Å²) in [5, 5.41) is 10.00. The van der Waals surface area contributed by atoms with E-state index in [1.165, 1.54) is 0 Å². The van der Waals surface area contributed by atoms with Crippen molar-refractivity contribution in [2.45, 2.75) is 26.2 Å². The van der Waals surface area contributed by atoms with Crippen LogP contribution in [0.2, 0.25) is 0 Å². The highest BCUT2D eigenvalue weighted by Crippen LogP contribution is 2.26. The first kappa shape index (κ1) is 20.0. The molecule has 0 bridgehead atoms. The van der Waals surface area contributed by atoms with Gasteiger partial charge in [0.05, 0.1) is 9.13 Å². The molecule has 0 aliphatic rings. The highest BCUT2D eigenvalue weighted by atomic mass is 127. The van der Waals surface area contributed by atoms with Crippen LogP contribution in [0.15, 0.2) is 36.4 Å². The number of phenolic OH excluding ortho intramolecular Hbond substituents is 1. The van der Waals surface area contributed by atoms with Gasteiger partial charge < -0.3 is 5.11 Å². The third kappa shape index (κ3) is 5.06. The van der Waals surface area contributed by atoms with Gasteiger partial charge in [0.1, 0.15) is 5.75 Å². The smallest absolute Gasteiger partial charge is 0.273 e. The lowest BCUT2D eigenvalue weighted by molar-refractivity contribution is 0.0845. The second-order valence-electron chi connectivity index (χ2n) is 6.52. The van der Waals surface area contributed by atoms with E-state index in [-0.39, 0.29) is 16.7 Å². The molecule has 0 fully saturated rings. The van der Waals surface area contributed by atoms with Gasteiger partial charge in [-0.15, -0.1) is 0 Å². The van der Waals surface area contributed by atoms with E-state index in [0.717, 1.165) is 9.13 Å². The summed E-state index contributed by atoms with van der Waals surface area (Å²) in [7, 11) is 0. The molecule has 5 nitrogen and oxygen atoms in total. The largest absolute Gasteiger partial charge is 0.506 e. The number of aromatic hydroxyl groups is 1. The lowest BCUT2D eigenvalue weighted by atomic mass is 9.87. The van der Waals surface area contributed by atoms with Gasteiger partial charge in [-0.05, 0) is 80.4 Å². The van der Waals surface area contributed by atoms with Crippen molar-refractivity contribution in [1.29, 1.82) is 0 Å². The summed E-state index contributed by atoms with van der Waals surface area (Å²) in [5.41, 5.74) is 6.37. The summed E-state index contributed by atoms with van der Waals surface area (Å²) < 4.78 is 1.38. The topological polar surface area (TPSA) is 78.4 Å². The van der Waals surface area contributed by atoms with Gasteiger partial charge in [0.25, 0.3) is 11.8 Å². The summed E-state index contributed by atoms with van der Waals surface area (Å²) in [4.78, 5) is 24.4. The molecule has 25 heavy (non-hydrogen) atoms. The minimum Gasteiger partial charge on any atom is -0.506 e. The SMILES string of the molecule is CC(C)(C)c1ccc(C(=O)NNC(=O)c2cc(I)cc(I)c2O)cc1. The molecule has 0 saturated heterocycles. The molecule has 0 heterocycles. The zero-order valence-corrected chi connectivity index (χ0v) is 18.3. The van der Waals surface area contributed by atoms with Crippen LogP contribution in [0.1, 0.15) is 47.1 Å². The van der Waals surface area contributed by atoms with Gasteiger partial charge in [0.2, 0.25) is 0 Å². The van der Waals surface area contributed by atoms with E-state index < -0.39 is 11.8 Å². The van der Waals surface area contributed by atoms with Crippen molar-refractivity contribution in [3.63, 3.8) is 0 Å². The number of phenols is 1. The maximum Gasteiger partial charge on any atom is 0.273 e. The number of carbonyl (C=O) groups excluding carboxylic acids is 2. The Morgan fingerprint density at radius 2 is 1.52 bits per heavy atom. The normalized spacial score (nSPS) is 11.1. The van der Waals surface area contributed by atoms with E-state index in [0.29, 0.717) is 9.13 Å². The molecule has 132 valence electrons. The summed E-state index contributed by atoms with van der Waals surface area (Å²) in [6.45, 7) is 6.28. The van der Waals surface area contributed by atoms with E-state index >= 15 is 0 Å². The van der Waals surface area contributed by atoms with Crippen molar-refractivity contribution in [3.8, 4) is 5.75 Å². The zero-order valence-electron chi connectivity index (χ0n) is 14.0. The van der Waals surface area contributed by atoms with Gasteiger partial charge in [0.15, 0.2) is 0 Å². The fourth-order valence-electron chi connectivity index (χ4n) is 2.11. The molecule has 0 saturated carbocycles. The van der Waals surface area contributed by atoms with Crippen molar-refractivity contribution in [1.82, 2.24) is 10.9 Å². The summed E-state index contributed by atoms with van der Waals surface area (Å²) in [5.74, 6) is -1.11. The predicted molar refractivity (Wildman–Crippen MR) is 114 cm³/mol. The van der Waals surface area contributed by atoms with Crippen LogP contribution in [0.25, 0.3) is 0 Å². The van der Waals surface area contributed by atoms with E-state index in [1.54, 1.807) is 24.3 Å². The van der Waals surface area contributed by atoms with Crippen molar-refractivity contribution >= 4 is 57.0 Å². The summed E-state index contributed by atoms with van der Waals surface area (Å²) in [6.07, 6.45) is 0. The van der Waals surface area contributed by atoms with Crippen LogP contribution in [-0.2, 0) is 5.41 Å². The van der Waals surface area contributed by atoms with Gasteiger partial charge in [0, 0.05) is 9.13 Å². The molecule has 0 radical (unpaired) electrons. The fraction of sp³-hybridized carbons (Fsp3) is 0.222. The number of rotatable bonds is 2. The van der Waals surface area contributed by atoms with Crippen LogP contribution in [0.5, 0.6) is 5.75 Å². The van der Waals surface area contributed by atoms with Gasteiger partial charge in [-0.1, -0.05) is 32.9 Å². The van der Waals surface area contributed by atoms with Crippen molar-refractivity contribution in [3.05, 3.63) is 60.2 Å². The molecule has 0 aliphatic carbocycles. The van der Waals surface area contributed by atoms with Gasteiger partial charge in [-0.2, -0.15) is 0 Å². The maximum atomic E-state index is 12.2. The highest BCUT2D eigenvalue weighted by Gasteiger charge is 2.17. The lowest BCUT2D eigenvalue weighted by Gasteiger charge is -2.19. The molecule has 3 N–H and O–H groups in total. The molecule has 0 atom stereocenters. The molecule has 0 aromatic heterocycles. The van der Waals surface area contributed by atoms with Crippen LogP contribution in [-0.4, -0.2) is 16.9 Å². The molecular formula is C18H18I2N2O3.